The molecule has 0 amide bonds. The number of nitrogens with one attached hydrogen (secondary N) is 1. The van der Waals surface area contributed by atoms with Gasteiger partial charge in [0.05, 0.1) is 5.69 Å². The molecule has 0 atom stereocenters. The Morgan fingerprint density at radius 2 is 1.79 bits per heavy atom. The summed E-state index contributed by atoms with van der Waals surface area (Å²) in [6, 6.07) is 20.9. The van der Waals surface area contributed by atoms with Crippen molar-refractivity contribution in [2.45, 2.75) is 6.54 Å². The van der Waals surface area contributed by atoms with Crippen LogP contribution in [-0.2, 0) is 6.54 Å². The first kappa shape index (κ1) is 17.6. The molecule has 0 unspecified atom stereocenters. The van der Waals surface area contributed by atoms with E-state index in [1.807, 2.05) is 12.1 Å². The van der Waals surface area contributed by atoms with E-state index in [2.05, 4.69) is 15.4 Å². The minimum absolute atomic E-state index is 0.229. The summed E-state index contributed by atoms with van der Waals surface area (Å²) < 4.78 is 15.3. The average Bonchev–Trinajstić information content (AvgIpc) is 3.18. The lowest BCUT2D eigenvalue weighted by Gasteiger charge is -2.09. The summed E-state index contributed by atoms with van der Waals surface area (Å²) in [6.45, 7) is 0.229. The Morgan fingerprint density at radius 3 is 2.54 bits per heavy atom. The lowest BCUT2D eigenvalue weighted by atomic mass is 10.2. The Labute approximate surface area is 161 Å². The third-order valence-electron chi connectivity index (χ3n) is 4.30. The maximum atomic E-state index is 13.9. The predicted molar refractivity (Wildman–Crippen MR) is 105 cm³/mol. The van der Waals surface area contributed by atoms with Crippen LogP contribution in [0, 0.1) is 5.82 Å². The van der Waals surface area contributed by atoms with Crippen LogP contribution in [0.2, 0.25) is 0 Å². The van der Waals surface area contributed by atoms with Crippen LogP contribution in [0.1, 0.15) is 15.9 Å². The van der Waals surface area contributed by atoms with Crippen molar-refractivity contribution in [2.24, 2.45) is 0 Å². The molecular weight excluding hydrogens is 355 g/mol. The predicted octanol–water partition coefficient (Wildman–Crippen LogP) is 4.38. The highest BCUT2D eigenvalue weighted by Gasteiger charge is 2.17. The number of anilines is 1. The fourth-order valence-corrected chi connectivity index (χ4v) is 2.85. The standard InChI is InChI=1S/C22H17FN4O/c23-19-11-5-4-9-17(19)15-25-21-13-20(18-10-6-12-24-14-18)26-27(21)22(28)16-7-2-1-3-8-16/h1-14,25H,15H2. The van der Waals surface area contributed by atoms with Gasteiger partial charge in [0.1, 0.15) is 11.6 Å². The average molecular weight is 372 g/mol. The highest BCUT2D eigenvalue weighted by atomic mass is 19.1. The smallest absolute Gasteiger partial charge is 0.280 e. The Balaban J connectivity index is 1.70. The van der Waals surface area contributed by atoms with Gasteiger partial charge in [-0.3, -0.25) is 9.78 Å². The maximum absolute atomic E-state index is 13.9. The molecule has 5 nitrogen and oxygen atoms in total. The summed E-state index contributed by atoms with van der Waals surface area (Å²) in [4.78, 5) is 17.1. The molecule has 0 fully saturated rings. The Morgan fingerprint density at radius 1 is 1.00 bits per heavy atom. The first-order chi connectivity index (χ1) is 13.7. The summed E-state index contributed by atoms with van der Waals surface area (Å²) in [5.74, 6) is -0.0920. The number of pyridine rings is 1. The number of carbonyl (C=O) groups excluding carboxylic acids is 1. The normalized spacial score (nSPS) is 10.6. The molecule has 0 saturated heterocycles. The second-order valence-corrected chi connectivity index (χ2v) is 6.18. The van der Waals surface area contributed by atoms with Crippen molar-refractivity contribution in [2.75, 3.05) is 5.32 Å². The van der Waals surface area contributed by atoms with E-state index in [-0.39, 0.29) is 18.3 Å². The first-order valence-corrected chi connectivity index (χ1v) is 8.80. The van der Waals surface area contributed by atoms with Gasteiger partial charge in [-0.15, -0.1) is 0 Å². The molecule has 4 aromatic rings. The molecule has 0 radical (unpaired) electrons. The summed E-state index contributed by atoms with van der Waals surface area (Å²) >= 11 is 0. The molecule has 0 aliphatic carbocycles. The zero-order valence-corrected chi connectivity index (χ0v) is 14.9. The molecule has 6 heteroatoms. The van der Waals surface area contributed by atoms with E-state index in [4.69, 9.17) is 0 Å². The van der Waals surface area contributed by atoms with Crippen LogP contribution in [0.5, 0.6) is 0 Å². The van der Waals surface area contributed by atoms with Crippen molar-refractivity contribution in [3.8, 4) is 11.3 Å². The summed E-state index contributed by atoms with van der Waals surface area (Å²) in [6.07, 6.45) is 3.35. The molecule has 2 aromatic heterocycles. The molecule has 0 aliphatic rings. The van der Waals surface area contributed by atoms with Crippen LogP contribution < -0.4 is 5.32 Å². The lowest BCUT2D eigenvalue weighted by Crippen LogP contribution is -2.17. The molecule has 2 heterocycles. The second-order valence-electron chi connectivity index (χ2n) is 6.18. The van der Waals surface area contributed by atoms with Crippen LogP contribution in [0.4, 0.5) is 10.2 Å². The van der Waals surface area contributed by atoms with E-state index in [1.54, 1.807) is 67.0 Å². The van der Waals surface area contributed by atoms with Gasteiger partial charge in [0.15, 0.2) is 0 Å². The van der Waals surface area contributed by atoms with E-state index in [0.717, 1.165) is 5.56 Å². The molecule has 0 bridgehead atoms. The molecule has 28 heavy (non-hydrogen) atoms. The van der Waals surface area contributed by atoms with Crippen molar-refractivity contribution in [1.82, 2.24) is 14.8 Å². The molecule has 4 rings (SSSR count). The van der Waals surface area contributed by atoms with E-state index >= 15 is 0 Å². The zero-order valence-electron chi connectivity index (χ0n) is 14.9. The van der Waals surface area contributed by atoms with Gasteiger partial charge in [0, 0.05) is 41.7 Å². The third kappa shape index (κ3) is 3.66. The number of aromatic nitrogens is 3. The monoisotopic (exact) mass is 372 g/mol. The molecular formula is C22H17FN4O. The van der Waals surface area contributed by atoms with Crippen LogP contribution in [0.25, 0.3) is 11.3 Å². The summed E-state index contributed by atoms with van der Waals surface area (Å²) in [5, 5.41) is 7.59. The number of halogens is 1. The van der Waals surface area contributed by atoms with Gasteiger partial charge in [0.2, 0.25) is 0 Å². The van der Waals surface area contributed by atoms with Gasteiger partial charge < -0.3 is 5.32 Å². The highest BCUT2D eigenvalue weighted by Crippen LogP contribution is 2.23. The zero-order chi connectivity index (χ0) is 19.3. The number of nitrogens with zero attached hydrogens (tertiary/aromatic N) is 3. The summed E-state index contributed by atoms with van der Waals surface area (Å²) in [5.41, 5.74) is 2.41. The van der Waals surface area contributed by atoms with Crippen LogP contribution in [0.15, 0.2) is 85.2 Å². The van der Waals surface area contributed by atoms with Gasteiger partial charge in [-0.1, -0.05) is 36.4 Å². The lowest BCUT2D eigenvalue weighted by molar-refractivity contribution is 0.0948. The molecule has 0 spiro atoms. The van der Waals surface area contributed by atoms with Crippen LogP contribution in [-0.4, -0.2) is 20.7 Å². The van der Waals surface area contributed by atoms with E-state index in [1.165, 1.54) is 10.7 Å². The van der Waals surface area contributed by atoms with Crippen LogP contribution in [0.3, 0.4) is 0 Å². The SMILES string of the molecule is O=C(c1ccccc1)n1nc(-c2cccnc2)cc1NCc1ccccc1F. The Bertz CT molecular complexity index is 1090. The molecule has 1 N–H and O–H groups in total. The quantitative estimate of drug-likeness (QED) is 0.565. The number of hydrogen-bond donors (Lipinski definition) is 1. The topological polar surface area (TPSA) is 59.8 Å². The van der Waals surface area contributed by atoms with Crippen LogP contribution >= 0.6 is 0 Å². The maximum Gasteiger partial charge on any atom is 0.280 e. The molecule has 138 valence electrons. The van der Waals surface area contributed by atoms with Gasteiger partial charge in [0.25, 0.3) is 5.91 Å². The third-order valence-corrected chi connectivity index (χ3v) is 4.30. The van der Waals surface area contributed by atoms with Crippen molar-refractivity contribution < 1.29 is 9.18 Å². The second kappa shape index (κ2) is 7.84. The van der Waals surface area contributed by atoms with Crippen molar-refractivity contribution in [1.29, 1.82) is 0 Å². The van der Waals surface area contributed by atoms with Crippen molar-refractivity contribution >= 4 is 11.7 Å². The van der Waals surface area contributed by atoms with E-state index in [0.29, 0.717) is 22.6 Å². The number of hydrogen-bond acceptors (Lipinski definition) is 4. The van der Waals surface area contributed by atoms with Gasteiger partial charge >= 0.3 is 0 Å². The minimum Gasteiger partial charge on any atom is -0.366 e. The minimum atomic E-state index is -0.303. The van der Waals surface area contributed by atoms with Crippen molar-refractivity contribution in [3.05, 3.63) is 102 Å². The van der Waals surface area contributed by atoms with E-state index in [9.17, 15) is 9.18 Å². The number of rotatable bonds is 5. The fourth-order valence-electron chi connectivity index (χ4n) is 2.85. The van der Waals surface area contributed by atoms with E-state index < -0.39 is 0 Å². The number of carbonyl (C=O) groups is 1. The number of benzene rings is 2. The highest BCUT2D eigenvalue weighted by molar-refractivity contribution is 5.97. The largest absolute Gasteiger partial charge is 0.366 e. The van der Waals surface area contributed by atoms with Crippen molar-refractivity contribution in [3.63, 3.8) is 0 Å². The molecule has 0 aliphatic heterocycles. The Hall–Kier alpha value is -3.80. The molecule has 2 aromatic carbocycles. The van der Waals surface area contributed by atoms with Gasteiger partial charge in [-0.2, -0.15) is 9.78 Å². The van der Waals surface area contributed by atoms with Gasteiger partial charge in [-0.05, 0) is 30.3 Å². The Kier molecular flexibility index (Phi) is 4.93. The first-order valence-electron chi connectivity index (χ1n) is 8.80. The molecule has 0 saturated carbocycles. The summed E-state index contributed by atoms with van der Waals surface area (Å²) in [7, 11) is 0. The fraction of sp³-hybridized carbons (Fsp3) is 0.0455. The van der Waals surface area contributed by atoms with Gasteiger partial charge in [-0.25, -0.2) is 4.39 Å².